The Balaban J connectivity index is 2.73. The second kappa shape index (κ2) is 10.2. The normalized spacial score (nSPS) is 10.4. The van der Waals surface area contributed by atoms with E-state index >= 15 is 0 Å². The monoisotopic (exact) mass is 288 g/mol. The predicted octanol–water partition coefficient (Wildman–Crippen LogP) is 5.14. The van der Waals surface area contributed by atoms with Crippen LogP contribution in [0.25, 0.3) is 0 Å². The summed E-state index contributed by atoms with van der Waals surface area (Å²) in [4.78, 5) is 11.3. The fraction of sp³-hybridized carbons (Fsp3) is 0.526. The van der Waals surface area contributed by atoms with Crippen LogP contribution in [0.15, 0.2) is 24.8 Å². The summed E-state index contributed by atoms with van der Waals surface area (Å²) in [5.74, 6) is 0.748. The fourth-order valence-corrected chi connectivity index (χ4v) is 2.44. The van der Waals surface area contributed by atoms with Gasteiger partial charge in [0.25, 0.3) is 0 Å². The molecule has 0 fully saturated rings. The molecule has 0 aliphatic heterocycles. The average Bonchev–Trinajstić information content (AvgIpc) is 2.51. The van der Waals surface area contributed by atoms with Gasteiger partial charge < -0.3 is 4.74 Å². The number of hydrogen-bond donors (Lipinski definition) is 0. The zero-order valence-corrected chi connectivity index (χ0v) is 13.5. The Hall–Kier alpha value is -1.57. The topological polar surface area (TPSA) is 26.3 Å². The molecule has 1 aromatic rings. The largest absolute Gasteiger partial charge is 0.493 e. The van der Waals surface area contributed by atoms with Gasteiger partial charge in [-0.1, -0.05) is 51.7 Å². The molecular formula is C19H28O2. The molecule has 0 unspecified atom stereocenters. The number of carbonyl (C=O) groups excluding carboxylic acids is 1. The summed E-state index contributed by atoms with van der Waals surface area (Å²) in [7, 11) is 0. The Labute approximate surface area is 129 Å². The number of unbranched alkanes of at least 4 members (excludes halogenated alkanes) is 4. The lowest BCUT2D eigenvalue weighted by atomic mass is 10.0. The maximum absolute atomic E-state index is 11.3. The van der Waals surface area contributed by atoms with Crippen LogP contribution in [0.1, 0.15) is 67.4 Å². The molecule has 0 radical (unpaired) electrons. The number of aldehydes is 1. The van der Waals surface area contributed by atoms with Gasteiger partial charge in [0.15, 0.2) is 6.29 Å². The van der Waals surface area contributed by atoms with Crippen LogP contribution in [0.5, 0.6) is 5.75 Å². The van der Waals surface area contributed by atoms with Crippen LogP contribution in [0.3, 0.4) is 0 Å². The molecule has 1 rings (SSSR count). The Bertz CT molecular complexity index is 449. The Morgan fingerprint density at radius 2 is 1.90 bits per heavy atom. The highest BCUT2D eigenvalue weighted by Crippen LogP contribution is 2.26. The van der Waals surface area contributed by atoms with Crippen molar-refractivity contribution >= 4 is 6.29 Å². The van der Waals surface area contributed by atoms with Crippen LogP contribution in [0.2, 0.25) is 0 Å². The standard InChI is InChI=1S/C19H28O2/c1-4-7-8-9-10-12-21-19-17(11-5-2)13-16(6-3)14-18(19)15-20/h5,13-15H,2,4,6-12H2,1,3H3. The molecule has 0 N–H and O–H groups in total. The molecule has 0 aromatic heterocycles. The molecule has 0 saturated heterocycles. The van der Waals surface area contributed by atoms with Gasteiger partial charge in [0.2, 0.25) is 0 Å². The molecule has 0 aliphatic carbocycles. The molecule has 2 heteroatoms. The van der Waals surface area contributed by atoms with Crippen LogP contribution in [0.4, 0.5) is 0 Å². The molecular weight excluding hydrogens is 260 g/mol. The predicted molar refractivity (Wildman–Crippen MR) is 89.4 cm³/mol. The highest BCUT2D eigenvalue weighted by atomic mass is 16.5. The van der Waals surface area contributed by atoms with Gasteiger partial charge in [-0.3, -0.25) is 4.79 Å². The van der Waals surface area contributed by atoms with Crippen LogP contribution in [-0.2, 0) is 12.8 Å². The number of rotatable bonds is 11. The molecule has 1 aromatic carbocycles. The summed E-state index contributed by atoms with van der Waals surface area (Å²) in [5, 5.41) is 0. The van der Waals surface area contributed by atoms with E-state index in [4.69, 9.17) is 4.74 Å². The van der Waals surface area contributed by atoms with Gasteiger partial charge in [-0.2, -0.15) is 0 Å². The van der Waals surface area contributed by atoms with Crippen LogP contribution in [0, 0.1) is 0 Å². The summed E-state index contributed by atoms with van der Waals surface area (Å²) in [6.45, 7) is 8.78. The minimum atomic E-state index is 0.666. The van der Waals surface area contributed by atoms with E-state index in [9.17, 15) is 4.79 Å². The van der Waals surface area contributed by atoms with Crippen LogP contribution >= 0.6 is 0 Å². The Kier molecular flexibility index (Phi) is 8.49. The van der Waals surface area contributed by atoms with Gasteiger partial charge in [0.1, 0.15) is 5.75 Å². The molecule has 21 heavy (non-hydrogen) atoms. The van der Waals surface area contributed by atoms with Crippen molar-refractivity contribution in [3.05, 3.63) is 41.5 Å². The second-order valence-electron chi connectivity index (χ2n) is 5.40. The number of ether oxygens (including phenoxy) is 1. The smallest absolute Gasteiger partial charge is 0.153 e. The molecule has 0 amide bonds. The van der Waals surface area contributed by atoms with Gasteiger partial charge in [-0.15, -0.1) is 6.58 Å². The van der Waals surface area contributed by atoms with E-state index in [-0.39, 0.29) is 0 Å². The number of allylic oxidation sites excluding steroid dienone is 1. The number of hydrogen-bond acceptors (Lipinski definition) is 2. The van der Waals surface area contributed by atoms with E-state index < -0.39 is 0 Å². The second-order valence-corrected chi connectivity index (χ2v) is 5.40. The number of carbonyl (C=O) groups is 1. The third-order valence-electron chi connectivity index (χ3n) is 3.65. The highest BCUT2D eigenvalue weighted by molar-refractivity contribution is 5.80. The van der Waals surface area contributed by atoms with E-state index in [0.717, 1.165) is 36.9 Å². The quantitative estimate of drug-likeness (QED) is 0.320. The van der Waals surface area contributed by atoms with E-state index in [1.807, 2.05) is 12.1 Å². The SMILES string of the molecule is C=CCc1cc(CC)cc(C=O)c1OCCCCCCC. The lowest BCUT2D eigenvalue weighted by Gasteiger charge is -2.14. The molecule has 116 valence electrons. The molecule has 2 nitrogen and oxygen atoms in total. The van der Waals surface area contributed by atoms with Crippen molar-refractivity contribution in [2.45, 2.75) is 58.8 Å². The molecule has 0 saturated carbocycles. The van der Waals surface area contributed by atoms with Crippen molar-refractivity contribution in [1.29, 1.82) is 0 Å². The third-order valence-corrected chi connectivity index (χ3v) is 3.65. The van der Waals surface area contributed by atoms with Gasteiger partial charge in [-0.25, -0.2) is 0 Å². The zero-order chi connectivity index (χ0) is 15.5. The van der Waals surface area contributed by atoms with Crippen LogP contribution in [-0.4, -0.2) is 12.9 Å². The first kappa shape index (κ1) is 17.5. The van der Waals surface area contributed by atoms with E-state index in [1.165, 1.54) is 31.2 Å². The fourth-order valence-electron chi connectivity index (χ4n) is 2.44. The van der Waals surface area contributed by atoms with Crippen molar-refractivity contribution < 1.29 is 9.53 Å². The van der Waals surface area contributed by atoms with E-state index in [1.54, 1.807) is 0 Å². The van der Waals surface area contributed by atoms with Crippen molar-refractivity contribution in [2.24, 2.45) is 0 Å². The first-order chi connectivity index (χ1) is 10.3. The minimum Gasteiger partial charge on any atom is -0.493 e. The lowest BCUT2D eigenvalue weighted by Crippen LogP contribution is -2.04. The zero-order valence-electron chi connectivity index (χ0n) is 13.5. The highest BCUT2D eigenvalue weighted by Gasteiger charge is 2.11. The van der Waals surface area contributed by atoms with Crippen molar-refractivity contribution in [1.82, 2.24) is 0 Å². The van der Waals surface area contributed by atoms with Crippen molar-refractivity contribution in [3.63, 3.8) is 0 Å². The molecule has 0 spiro atoms. The maximum atomic E-state index is 11.3. The summed E-state index contributed by atoms with van der Waals surface area (Å²) < 4.78 is 5.91. The van der Waals surface area contributed by atoms with Gasteiger partial charge >= 0.3 is 0 Å². The molecule has 0 atom stereocenters. The number of benzene rings is 1. The Morgan fingerprint density at radius 1 is 1.14 bits per heavy atom. The first-order valence-corrected chi connectivity index (χ1v) is 8.11. The Morgan fingerprint density at radius 3 is 2.52 bits per heavy atom. The maximum Gasteiger partial charge on any atom is 0.153 e. The third kappa shape index (κ3) is 5.74. The minimum absolute atomic E-state index is 0.666. The van der Waals surface area contributed by atoms with E-state index in [0.29, 0.717) is 12.2 Å². The van der Waals surface area contributed by atoms with Gasteiger partial charge in [0, 0.05) is 0 Å². The molecule has 0 bridgehead atoms. The summed E-state index contributed by atoms with van der Waals surface area (Å²) in [6, 6.07) is 4.06. The first-order valence-electron chi connectivity index (χ1n) is 8.11. The van der Waals surface area contributed by atoms with Crippen LogP contribution < -0.4 is 4.74 Å². The van der Waals surface area contributed by atoms with Crippen molar-refractivity contribution in [3.8, 4) is 5.75 Å². The average molecular weight is 288 g/mol. The molecule has 0 heterocycles. The summed E-state index contributed by atoms with van der Waals surface area (Å²) in [6.07, 6.45) is 10.4. The van der Waals surface area contributed by atoms with Gasteiger partial charge in [-0.05, 0) is 36.5 Å². The van der Waals surface area contributed by atoms with Crippen molar-refractivity contribution in [2.75, 3.05) is 6.61 Å². The number of aryl methyl sites for hydroxylation is 1. The van der Waals surface area contributed by atoms with E-state index in [2.05, 4.69) is 26.5 Å². The summed E-state index contributed by atoms with van der Waals surface area (Å²) in [5.41, 5.74) is 2.91. The lowest BCUT2D eigenvalue weighted by molar-refractivity contribution is 0.111. The molecule has 0 aliphatic rings. The summed E-state index contributed by atoms with van der Waals surface area (Å²) >= 11 is 0. The van der Waals surface area contributed by atoms with Gasteiger partial charge in [0.05, 0.1) is 12.2 Å².